The number of nitrogen functional groups attached to an aromatic ring is 1. The van der Waals surface area contributed by atoms with Gasteiger partial charge in [-0.15, -0.1) is 0 Å². The third-order valence-corrected chi connectivity index (χ3v) is 3.72. The lowest BCUT2D eigenvalue weighted by molar-refractivity contribution is -0.252. The molecule has 0 unspecified atom stereocenters. The highest BCUT2D eigenvalue weighted by Gasteiger charge is 2.44. The third kappa shape index (κ3) is 3.58. The highest BCUT2D eigenvalue weighted by Crippen LogP contribution is 2.27. The summed E-state index contributed by atoms with van der Waals surface area (Å²) in [5.74, 6) is 5.60. The molecule has 6 N–H and O–H groups in total. The van der Waals surface area contributed by atoms with Gasteiger partial charge in [0.2, 0.25) is 0 Å². The van der Waals surface area contributed by atoms with Crippen molar-refractivity contribution in [2.75, 3.05) is 12.3 Å². The molecule has 2 heterocycles. The molecule has 0 bridgehead atoms. The third-order valence-electron chi connectivity index (χ3n) is 3.72. The molecule has 0 spiro atoms. The van der Waals surface area contributed by atoms with Gasteiger partial charge in [-0.1, -0.05) is 18.8 Å². The van der Waals surface area contributed by atoms with E-state index in [1.54, 1.807) is 0 Å². The first kappa shape index (κ1) is 18.4. The summed E-state index contributed by atoms with van der Waals surface area (Å²) in [6.07, 6.45) is -4.41. The van der Waals surface area contributed by atoms with Crippen LogP contribution in [0, 0.1) is 11.8 Å². The predicted octanol–water partition coefficient (Wildman–Crippen LogP) is -2.05. The smallest absolute Gasteiger partial charge is 0.351 e. The van der Waals surface area contributed by atoms with Crippen LogP contribution in [0.25, 0.3) is 0 Å². The molecule has 0 saturated carbocycles. The number of rotatable bonds is 3. The molecule has 9 nitrogen and oxygen atoms in total. The Kier molecular flexibility index (Phi) is 5.93. The number of ether oxygens (including phenoxy) is 1. The molecule has 0 amide bonds. The molecule has 9 heteroatoms. The van der Waals surface area contributed by atoms with E-state index in [9.17, 15) is 25.2 Å². The molecule has 2 rings (SSSR count). The number of aliphatic hydroxyl groups excluding tert-OH is 4. The van der Waals surface area contributed by atoms with Crippen LogP contribution in [0.4, 0.5) is 5.82 Å². The Morgan fingerprint density at radius 2 is 2.04 bits per heavy atom. The van der Waals surface area contributed by atoms with Gasteiger partial charge in [0, 0.05) is 12.6 Å². The van der Waals surface area contributed by atoms with Gasteiger partial charge in [0.15, 0.2) is 6.23 Å². The van der Waals surface area contributed by atoms with E-state index in [2.05, 4.69) is 16.8 Å². The van der Waals surface area contributed by atoms with Gasteiger partial charge in [0.1, 0.15) is 30.2 Å². The molecule has 0 aliphatic carbocycles. The topological polar surface area (TPSA) is 151 Å². The Morgan fingerprint density at radius 3 is 2.67 bits per heavy atom. The molecule has 1 saturated heterocycles. The minimum atomic E-state index is -1.60. The summed E-state index contributed by atoms with van der Waals surface area (Å²) in [6.45, 7) is 1.37. The van der Waals surface area contributed by atoms with Crippen LogP contribution >= 0.6 is 0 Å². The lowest BCUT2D eigenvalue weighted by Gasteiger charge is -2.40. The monoisotopic (exact) mass is 339 g/mol. The van der Waals surface area contributed by atoms with Crippen LogP contribution in [0.2, 0.25) is 0 Å². The molecule has 0 aromatic carbocycles. The summed E-state index contributed by atoms with van der Waals surface area (Å²) in [6, 6.07) is 0. The number of aromatic nitrogens is 2. The Hall–Kier alpha value is -1.96. The van der Waals surface area contributed by atoms with Crippen LogP contribution in [0.15, 0.2) is 11.0 Å². The molecule has 1 fully saturated rings. The predicted molar refractivity (Wildman–Crippen MR) is 83.7 cm³/mol. The van der Waals surface area contributed by atoms with Gasteiger partial charge in [0.05, 0.1) is 12.2 Å². The number of hydrogen-bond donors (Lipinski definition) is 5. The minimum Gasteiger partial charge on any atom is -0.394 e. The van der Waals surface area contributed by atoms with Gasteiger partial charge in [-0.05, 0) is 6.42 Å². The van der Waals surface area contributed by atoms with Crippen LogP contribution in [0.5, 0.6) is 0 Å². The van der Waals surface area contributed by atoms with Crippen molar-refractivity contribution in [1.82, 2.24) is 9.55 Å². The maximum atomic E-state index is 12.1. The first-order chi connectivity index (χ1) is 11.4. The Bertz CT molecular complexity index is 693. The highest BCUT2D eigenvalue weighted by molar-refractivity contribution is 5.48. The molecule has 132 valence electrons. The zero-order valence-corrected chi connectivity index (χ0v) is 13.2. The fraction of sp³-hybridized carbons (Fsp3) is 0.600. The molecule has 1 aromatic rings. The molecule has 1 aliphatic rings. The zero-order valence-electron chi connectivity index (χ0n) is 13.2. The second kappa shape index (κ2) is 7.74. The first-order valence-corrected chi connectivity index (χ1v) is 7.58. The van der Waals surface area contributed by atoms with Crippen molar-refractivity contribution in [1.29, 1.82) is 0 Å². The molecule has 1 aromatic heterocycles. The molecular formula is C15H21N3O6. The quantitative estimate of drug-likeness (QED) is 0.395. The molecular weight excluding hydrogens is 318 g/mol. The van der Waals surface area contributed by atoms with Crippen LogP contribution in [-0.4, -0.2) is 61.0 Å². The number of nitrogens with zero attached hydrogens (tertiary/aromatic N) is 2. The van der Waals surface area contributed by atoms with Gasteiger partial charge in [-0.3, -0.25) is 4.57 Å². The Labute approximate surface area is 138 Å². The van der Waals surface area contributed by atoms with E-state index >= 15 is 0 Å². The van der Waals surface area contributed by atoms with Crippen molar-refractivity contribution in [2.24, 2.45) is 0 Å². The van der Waals surface area contributed by atoms with Gasteiger partial charge >= 0.3 is 5.69 Å². The average molecular weight is 339 g/mol. The highest BCUT2D eigenvalue weighted by atomic mass is 16.6. The van der Waals surface area contributed by atoms with Crippen LogP contribution in [0.1, 0.15) is 31.6 Å². The largest absolute Gasteiger partial charge is 0.394 e. The molecule has 0 radical (unpaired) electrons. The summed E-state index contributed by atoms with van der Waals surface area (Å²) < 4.78 is 6.28. The summed E-state index contributed by atoms with van der Waals surface area (Å²) in [4.78, 5) is 15.7. The van der Waals surface area contributed by atoms with Gasteiger partial charge in [-0.2, -0.15) is 4.98 Å². The molecule has 5 atom stereocenters. The second-order valence-corrected chi connectivity index (χ2v) is 5.50. The normalized spacial score (nSPS) is 29.8. The van der Waals surface area contributed by atoms with Crippen molar-refractivity contribution < 1.29 is 25.2 Å². The number of hydrogen-bond acceptors (Lipinski definition) is 8. The molecule has 24 heavy (non-hydrogen) atoms. The van der Waals surface area contributed by atoms with E-state index in [4.69, 9.17) is 10.5 Å². The van der Waals surface area contributed by atoms with Crippen LogP contribution < -0.4 is 11.4 Å². The average Bonchev–Trinajstić information content (AvgIpc) is 2.56. The summed E-state index contributed by atoms with van der Waals surface area (Å²) in [7, 11) is 0. The van der Waals surface area contributed by atoms with E-state index < -0.39 is 42.9 Å². The van der Waals surface area contributed by atoms with E-state index in [0.29, 0.717) is 6.42 Å². The van der Waals surface area contributed by atoms with Crippen molar-refractivity contribution in [3.63, 3.8) is 0 Å². The Morgan fingerprint density at radius 1 is 1.33 bits per heavy atom. The van der Waals surface area contributed by atoms with Crippen molar-refractivity contribution >= 4 is 5.82 Å². The van der Waals surface area contributed by atoms with Gasteiger partial charge < -0.3 is 30.9 Å². The van der Waals surface area contributed by atoms with Crippen LogP contribution in [0.3, 0.4) is 0 Å². The fourth-order valence-electron chi connectivity index (χ4n) is 2.35. The van der Waals surface area contributed by atoms with Crippen LogP contribution in [-0.2, 0) is 4.74 Å². The SMILES string of the molecule is CCCC#Cc1cn([C@@H]2O[C@H](CO)[C@@H](O)[C@H](O)[C@H]2O)c(=O)nc1N. The minimum absolute atomic E-state index is 0.0514. The molecule has 1 aliphatic heterocycles. The maximum absolute atomic E-state index is 12.1. The zero-order chi connectivity index (χ0) is 17.9. The van der Waals surface area contributed by atoms with E-state index in [1.807, 2.05) is 6.92 Å². The second-order valence-electron chi connectivity index (χ2n) is 5.50. The number of aliphatic hydroxyl groups is 4. The van der Waals surface area contributed by atoms with Gasteiger partial charge in [-0.25, -0.2) is 4.79 Å². The van der Waals surface area contributed by atoms with Crippen molar-refractivity contribution in [3.8, 4) is 11.8 Å². The van der Waals surface area contributed by atoms with Crippen molar-refractivity contribution in [2.45, 2.75) is 50.4 Å². The standard InChI is InChI=1S/C15H21N3O6/c1-2-3-4-5-8-6-18(15(23)17-13(8)16)14-12(22)11(21)10(20)9(7-19)24-14/h6,9-12,14,19-22H,2-3,7H2,1H3,(H2,16,17,23)/t9-,10-,11+,12-,14-/m1/s1. The Balaban J connectivity index is 2.42. The summed E-state index contributed by atoms with van der Waals surface area (Å²) >= 11 is 0. The number of nitrogens with two attached hydrogens (primary N) is 1. The van der Waals surface area contributed by atoms with Gasteiger partial charge in [0.25, 0.3) is 0 Å². The summed E-state index contributed by atoms with van der Waals surface area (Å²) in [5.41, 5.74) is 5.15. The lowest BCUT2D eigenvalue weighted by Crippen LogP contribution is -2.57. The van der Waals surface area contributed by atoms with E-state index in [0.717, 1.165) is 11.0 Å². The first-order valence-electron chi connectivity index (χ1n) is 7.58. The number of unbranched alkanes of at least 4 members (excludes halogenated alkanes) is 1. The lowest BCUT2D eigenvalue weighted by atomic mass is 9.98. The van der Waals surface area contributed by atoms with E-state index in [1.165, 1.54) is 6.20 Å². The maximum Gasteiger partial charge on any atom is 0.351 e. The summed E-state index contributed by atoms with van der Waals surface area (Å²) in [5, 5.41) is 39.0. The van der Waals surface area contributed by atoms with Crippen molar-refractivity contribution in [3.05, 3.63) is 22.2 Å². The number of anilines is 1. The van der Waals surface area contributed by atoms with E-state index in [-0.39, 0.29) is 11.4 Å². The fourth-order valence-corrected chi connectivity index (χ4v) is 2.35.